The van der Waals surface area contributed by atoms with Crippen LogP contribution >= 0.6 is 0 Å². The van der Waals surface area contributed by atoms with Crippen LogP contribution in [-0.2, 0) is 11.2 Å². The van der Waals surface area contributed by atoms with E-state index in [-0.39, 0.29) is 5.91 Å². The van der Waals surface area contributed by atoms with Gasteiger partial charge in [-0.15, -0.1) is 0 Å². The Morgan fingerprint density at radius 3 is 2.64 bits per heavy atom. The molecule has 3 rings (SSSR count). The van der Waals surface area contributed by atoms with Crippen molar-refractivity contribution in [2.75, 3.05) is 5.32 Å². The van der Waals surface area contributed by atoms with Crippen LogP contribution < -0.4 is 10.1 Å². The lowest BCUT2D eigenvalue weighted by Crippen LogP contribution is -2.36. The number of rotatable bonds is 2. The number of hydrogen-bond acceptors (Lipinski definition) is 2. The van der Waals surface area contributed by atoms with Gasteiger partial charge in [-0.3, -0.25) is 4.79 Å². The summed E-state index contributed by atoms with van der Waals surface area (Å²) >= 11 is 0. The monoisotopic (exact) mass is 295 g/mol. The van der Waals surface area contributed by atoms with Crippen LogP contribution in [0.5, 0.6) is 5.75 Å². The molecule has 1 aliphatic heterocycles. The number of carbonyl (C=O) groups excluding carboxylic acids is 1. The quantitative estimate of drug-likeness (QED) is 0.911. The van der Waals surface area contributed by atoms with Crippen molar-refractivity contribution >= 4 is 11.6 Å². The van der Waals surface area contributed by atoms with Gasteiger partial charge in [0.25, 0.3) is 5.91 Å². The van der Waals surface area contributed by atoms with Gasteiger partial charge in [-0.05, 0) is 62.4 Å². The lowest BCUT2D eigenvalue weighted by molar-refractivity contribution is -0.123. The molecule has 1 N–H and O–H groups in total. The van der Waals surface area contributed by atoms with Crippen LogP contribution in [0.3, 0.4) is 0 Å². The third kappa shape index (κ3) is 2.98. The summed E-state index contributed by atoms with van der Waals surface area (Å²) in [6, 6.07) is 12.2. The van der Waals surface area contributed by atoms with Crippen molar-refractivity contribution in [1.82, 2.24) is 0 Å². The summed E-state index contributed by atoms with van der Waals surface area (Å²) in [4.78, 5) is 12.5. The van der Waals surface area contributed by atoms with Crippen molar-refractivity contribution in [3.63, 3.8) is 0 Å². The van der Waals surface area contributed by atoms with Gasteiger partial charge in [-0.2, -0.15) is 0 Å². The van der Waals surface area contributed by atoms with E-state index in [1.807, 2.05) is 44.2 Å². The summed E-state index contributed by atoms with van der Waals surface area (Å²) in [6.07, 6.45) is 1.17. The molecule has 0 aliphatic carbocycles. The lowest BCUT2D eigenvalue weighted by Gasteiger charge is -2.26. The molecule has 114 valence electrons. The van der Waals surface area contributed by atoms with E-state index in [1.54, 1.807) is 0 Å². The molecule has 0 aromatic heterocycles. The van der Waals surface area contributed by atoms with Crippen molar-refractivity contribution in [2.45, 2.75) is 39.7 Å². The van der Waals surface area contributed by atoms with Crippen LogP contribution in [0.4, 0.5) is 5.69 Å². The number of anilines is 1. The van der Waals surface area contributed by atoms with Gasteiger partial charge in [-0.25, -0.2) is 0 Å². The third-order valence-electron chi connectivity index (χ3n) is 4.10. The minimum absolute atomic E-state index is 0.0695. The zero-order valence-electron chi connectivity index (χ0n) is 13.3. The highest BCUT2D eigenvalue weighted by molar-refractivity contribution is 5.95. The van der Waals surface area contributed by atoms with Gasteiger partial charge in [0.05, 0.1) is 0 Å². The number of hydrogen-bond donors (Lipinski definition) is 1. The molecule has 1 aliphatic rings. The Bertz CT molecular complexity index is 721. The maximum atomic E-state index is 12.5. The maximum absolute atomic E-state index is 12.5. The second-order valence-corrected chi connectivity index (χ2v) is 6.06. The van der Waals surface area contributed by atoms with E-state index >= 15 is 0 Å². The fourth-order valence-corrected chi connectivity index (χ4v) is 2.79. The van der Waals surface area contributed by atoms with Crippen molar-refractivity contribution in [2.24, 2.45) is 0 Å². The van der Waals surface area contributed by atoms with E-state index < -0.39 is 6.10 Å². The molecule has 2 aromatic carbocycles. The van der Waals surface area contributed by atoms with Crippen LogP contribution in [0.25, 0.3) is 0 Å². The van der Waals surface area contributed by atoms with E-state index in [4.69, 9.17) is 4.74 Å². The molecule has 0 radical (unpaired) electrons. The van der Waals surface area contributed by atoms with Gasteiger partial charge in [0.15, 0.2) is 6.10 Å². The SMILES string of the molecule is Cc1ccc2c(c1)CCC(C(=O)Nc1cc(C)ccc1C)O2. The Morgan fingerprint density at radius 2 is 1.82 bits per heavy atom. The van der Waals surface area contributed by atoms with Gasteiger partial charge in [0, 0.05) is 5.69 Å². The first kappa shape index (κ1) is 14.6. The van der Waals surface area contributed by atoms with Crippen LogP contribution in [0.1, 0.15) is 28.7 Å². The third-order valence-corrected chi connectivity index (χ3v) is 4.10. The van der Waals surface area contributed by atoms with E-state index in [9.17, 15) is 4.79 Å². The molecule has 22 heavy (non-hydrogen) atoms. The molecule has 2 aromatic rings. The smallest absolute Gasteiger partial charge is 0.265 e. The highest BCUT2D eigenvalue weighted by atomic mass is 16.5. The summed E-state index contributed by atoms with van der Waals surface area (Å²) in [7, 11) is 0. The summed E-state index contributed by atoms with van der Waals surface area (Å²) in [5.74, 6) is 0.762. The van der Waals surface area contributed by atoms with Crippen molar-refractivity contribution < 1.29 is 9.53 Å². The zero-order chi connectivity index (χ0) is 15.7. The Hall–Kier alpha value is -2.29. The predicted octanol–water partition coefficient (Wildman–Crippen LogP) is 3.94. The number of nitrogens with one attached hydrogen (secondary N) is 1. The molecule has 3 heteroatoms. The van der Waals surface area contributed by atoms with Crippen LogP contribution in [0.15, 0.2) is 36.4 Å². The number of aryl methyl sites for hydroxylation is 4. The van der Waals surface area contributed by atoms with E-state index in [0.717, 1.165) is 29.0 Å². The number of amides is 1. The Labute approximate surface area is 131 Å². The first-order valence-electron chi connectivity index (χ1n) is 7.67. The fraction of sp³-hybridized carbons (Fsp3) is 0.316. The van der Waals surface area contributed by atoms with E-state index in [1.165, 1.54) is 11.1 Å². The molecule has 1 amide bonds. The highest BCUT2D eigenvalue weighted by Crippen LogP contribution is 2.29. The second-order valence-electron chi connectivity index (χ2n) is 6.06. The van der Waals surface area contributed by atoms with Gasteiger partial charge in [0.1, 0.15) is 5.75 Å². The average Bonchev–Trinajstić information content (AvgIpc) is 2.50. The van der Waals surface area contributed by atoms with Crippen molar-refractivity contribution in [3.8, 4) is 5.75 Å². The fourth-order valence-electron chi connectivity index (χ4n) is 2.79. The molecule has 1 heterocycles. The lowest BCUT2D eigenvalue weighted by atomic mass is 10.00. The highest BCUT2D eigenvalue weighted by Gasteiger charge is 2.26. The Kier molecular flexibility index (Phi) is 3.88. The first-order valence-corrected chi connectivity index (χ1v) is 7.67. The standard InChI is InChI=1S/C19H21NO2/c1-12-5-8-17-15(10-12)7-9-18(22-17)19(21)20-16-11-13(2)4-6-14(16)3/h4-6,8,10-11,18H,7,9H2,1-3H3,(H,20,21). The van der Waals surface area contributed by atoms with Crippen LogP contribution in [-0.4, -0.2) is 12.0 Å². The average molecular weight is 295 g/mol. The molecule has 1 atom stereocenters. The van der Waals surface area contributed by atoms with Gasteiger partial charge in [0.2, 0.25) is 0 Å². The predicted molar refractivity (Wildman–Crippen MR) is 88.5 cm³/mol. The Balaban J connectivity index is 1.74. The first-order chi connectivity index (χ1) is 10.5. The summed E-state index contributed by atoms with van der Waals surface area (Å²) in [6.45, 7) is 6.08. The van der Waals surface area contributed by atoms with E-state index in [0.29, 0.717) is 6.42 Å². The molecule has 0 saturated heterocycles. The normalized spacial score (nSPS) is 16.6. The Morgan fingerprint density at radius 1 is 1.09 bits per heavy atom. The molecule has 1 unspecified atom stereocenters. The molecular formula is C19H21NO2. The molecule has 0 saturated carbocycles. The molecule has 3 nitrogen and oxygen atoms in total. The summed E-state index contributed by atoms with van der Waals surface area (Å²) in [5.41, 5.74) is 5.47. The molecule has 0 spiro atoms. The van der Waals surface area contributed by atoms with Gasteiger partial charge < -0.3 is 10.1 Å². The summed E-state index contributed by atoms with van der Waals surface area (Å²) in [5, 5.41) is 3.00. The zero-order valence-corrected chi connectivity index (χ0v) is 13.3. The largest absolute Gasteiger partial charge is 0.480 e. The van der Waals surface area contributed by atoms with Crippen LogP contribution in [0.2, 0.25) is 0 Å². The number of fused-ring (bicyclic) bond motifs is 1. The van der Waals surface area contributed by atoms with Crippen molar-refractivity contribution in [1.29, 1.82) is 0 Å². The molecular weight excluding hydrogens is 274 g/mol. The minimum atomic E-state index is -0.421. The number of benzene rings is 2. The van der Waals surface area contributed by atoms with Gasteiger partial charge in [-0.1, -0.05) is 29.8 Å². The topological polar surface area (TPSA) is 38.3 Å². The van der Waals surface area contributed by atoms with Crippen molar-refractivity contribution in [3.05, 3.63) is 58.7 Å². The molecule has 0 bridgehead atoms. The number of carbonyl (C=O) groups is 1. The van der Waals surface area contributed by atoms with Crippen LogP contribution in [0, 0.1) is 20.8 Å². The second kappa shape index (κ2) is 5.84. The number of ether oxygens (including phenoxy) is 1. The molecule has 0 fully saturated rings. The van der Waals surface area contributed by atoms with Gasteiger partial charge >= 0.3 is 0 Å². The summed E-state index contributed by atoms with van der Waals surface area (Å²) < 4.78 is 5.88. The minimum Gasteiger partial charge on any atom is -0.480 e. The van der Waals surface area contributed by atoms with E-state index in [2.05, 4.69) is 18.3 Å². The maximum Gasteiger partial charge on any atom is 0.265 e.